The second-order valence-electron chi connectivity index (χ2n) is 2.42. The molecule has 1 atom stereocenters. The number of hydrogen-bond donors (Lipinski definition) is 1. The number of halogens is 1. The standard InChI is InChI=1S/C8H13FO2/c1-3-4-7(8(10)11)5-6(2)9/h5-6H,3-4H2,1-2H3,(H,10,11)/b7-5+/t6-/m0/s1. The van der Waals surface area contributed by atoms with Gasteiger partial charge in [-0.1, -0.05) is 13.3 Å². The molecule has 11 heavy (non-hydrogen) atoms. The van der Waals surface area contributed by atoms with Crippen molar-refractivity contribution in [3.63, 3.8) is 0 Å². The van der Waals surface area contributed by atoms with Gasteiger partial charge in [0.2, 0.25) is 0 Å². The van der Waals surface area contributed by atoms with Gasteiger partial charge in [0.05, 0.1) is 0 Å². The zero-order valence-electron chi connectivity index (χ0n) is 6.80. The van der Waals surface area contributed by atoms with Crippen molar-refractivity contribution in [2.75, 3.05) is 0 Å². The Bertz CT molecular complexity index is 161. The van der Waals surface area contributed by atoms with E-state index < -0.39 is 12.1 Å². The van der Waals surface area contributed by atoms with Crippen LogP contribution in [0.4, 0.5) is 4.39 Å². The van der Waals surface area contributed by atoms with E-state index in [1.807, 2.05) is 6.92 Å². The van der Waals surface area contributed by atoms with Gasteiger partial charge in [0, 0.05) is 5.57 Å². The summed E-state index contributed by atoms with van der Waals surface area (Å²) < 4.78 is 12.3. The molecule has 1 N–H and O–H groups in total. The second kappa shape index (κ2) is 4.88. The molecule has 0 saturated heterocycles. The van der Waals surface area contributed by atoms with Gasteiger partial charge >= 0.3 is 5.97 Å². The molecule has 0 aliphatic heterocycles. The molecule has 0 fully saturated rings. The highest BCUT2D eigenvalue weighted by atomic mass is 19.1. The third-order valence-corrected chi connectivity index (χ3v) is 1.22. The number of carbonyl (C=O) groups is 1. The smallest absolute Gasteiger partial charge is 0.331 e. The van der Waals surface area contributed by atoms with E-state index in [0.717, 1.165) is 12.5 Å². The van der Waals surface area contributed by atoms with Crippen LogP contribution in [0.15, 0.2) is 11.6 Å². The van der Waals surface area contributed by atoms with Crippen molar-refractivity contribution in [1.82, 2.24) is 0 Å². The summed E-state index contributed by atoms with van der Waals surface area (Å²) in [5.41, 5.74) is 0.169. The van der Waals surface area contributed by atoms with E-state index in [1.54, 1.807) is 0 Å². The number of hydrogen-bond acceptors (Lipinski definition) is 1. The third kappa shape index (κ3) is 4.53. The number of allylic oxidation sites excluding steroid dienone is 1. The zero-order valence-corrected chi connectivity index (χ0v) is 6.80. The van der Waals surface area contributed by atoms with Gasteiger partial charge in [-0.3, -0.25) is 0 Å². The van der Waals surface area contributed by atoms with E-state index in [9.17, 15) is 9.18 Å². The first-order chi connectivity index (χ1) is 5.07. The summed E-state index contributed by atoms with van der Waals surface area (Å²) in [6.07, 6.45) is 1.13. The third-order valence-electron chi connectivity index (χ3n) is 1.22. The van der Waals surface area contributed by atoms with Crippen molar-refractivity contribution >= 4 is 5.97 Å². The van der Waals surface area contributed by atoms with E-state index in [0.29, 0.717) is 6.42 Å². The second-order valence-corrected chi connectivity index (χ2v) is 2.42. The Hall–Kier alpha value is -0.860. The van der Waals surface area contributed by atoms with Crippen LogP contribution >= 0.6 is 0 Å². The topological polar surface area (TPSA) is 37.3 Å². The molecular weight excluding hydrogens is 147 g/mol. The van der Waals surface area contributed by atoms with Crippen LogP contribution < -0.4 is 0 Å². The predicted octanol–water partition coefficient (Wildman–Crippen LogP) is 2.16. The molecule has 0 unspecified atom stereocenters. The Morgan fingerprint density at radius 3 is 2.55 bits per heavy atom. The fourth-order valence-electron chi connectivity index (χ4n) is 0.808. The minimum absolute atomic E-state index is 0.169. The molecule has 0 aromatic heterocycles. The summed E-state index contributed by atoms with van der Waals surface area (Å²) in [5.74, 6) is -1.02. The Morgan fingerprint density at radius 2 is 2.27 bits per heavy atom. The SMILES string of the molecule is CCC/C(=C\[C@H](C)F)C(=O)O. The molecule has 0 rings (SSSR count). The Morgan fingerprint density at radius 1 is 1.73 bits per heavy atom. The highest BCUT2D eigenvalue weighted by Gasteiger charge is 2.06. The average molecular weight is 160 g/mol. The molecule has 0 amide bonds. The van der Waals surface area contributed by atoms with Crippen LogP contribution in [0.3, 0.4) is 0 Å². The monoisotopic (exact) mass is 160 g/mol. The molecule has 3 heteroatoms. The molecule has 0 aliphatic rings. The Labute approximate surface area is 65.7 Å². The summed E-state index contributed by atoms with van der Waals surface area (Å²) >= 11 is 0. The lowest BCUT2D eigenvalue weighted by atomic mass is 10.1. The fraction of sp³-hybridized carbons (Fsp3) is 0.625. The molecule has 0 saturated carbocycles. The van der Waals surface area contributed by atoms with Gasteiger partial charge < -0.3 is 5.11 Å². The van der Waals surface area contributed by atoms with Crippen LogP contribution in [0.25, 0.3) is 0 Å². The van der Waals surface area contributed by atoms with Crippen molar-refractivity contribution in [3.05, 3.63) is 11.6 Å². The van der Waals surface area contributed by atoms with Crippen LogP contribution in [-0.2, 0) is 4.79 Å². The van der Waals surface area contributed by atoms with E-state index in [-0.39, 0.29) is 5.57 Å². The lowest BCUT2D eigenvalue weighted by molar-refractivity contribution is -0.132. The first-order valence-corrected chi connectivity index (χ1v) is 3.66. The normalized spacial score (nSPS) is 14.6. The van der Waals surface area contributed by atoms with Crippen LogP contribution in [-0.4, -0.2) is 17.2 Å². The van der Waals surface area contributed by atoms with Gasteiger partial charge in [0.15, 0.2) is 0 Å². The minimum atomic E-state index is -1.17. The number of rotatable bonds is 4. The molecule has 2 nitrogen and oxygen atoms in total. The molecule has 0 aromatic rings. The van der Waals surface area contributed by atoms with Crippen LogP contribution in [0.1, 0.15) is 26.7 Å². The van der Waals surface area contributed by atoms with Gasteiger partial charge in [-0.05, 0) is 19.4 Å². The quantitative estimate of drug-likeness (QED) is 0.640. The van der Waals surface area contributed by atoms with Crippen molar-refractivity contribution in [1.29, 1.82) is 0 Å². The summed E-state index contributed by atoms with van der Waals surface area (Å²) in [7, 11) is 0. The summed E-state index contributed by atoms with van der Waals surface area (Å²) in [4.78, 5) is 10.4. The van der Waals surface area contributed by atoms with Gasteiger partial charge in [-0.2, -0.15) is 0 Å². The lowest BCUT2D eigenvalue weighted by Gasteiger charge is -1.99. The van der Waals surface area contributed by atoms with E-state index >= 15 is 0 Å². The lowest BCUT2D eigenvalue weighted by Crippen LogP contribution is -2.02. The van der Waals surface area contributed by atoms with Crippen LogP contribution in [0.5, 0.6) is 0 Å². The number of aliphatic carboxylic acids is 1. The van der Waals surface area contributed by atoms with Gasteiger partial charge in [-0.25, -0.2) is 9.18 Å². The maximum Gasteiger partial charge on any atom is 0.331 e. The van der Waals surface area contributed by atoms with Crippen LogP contribution in [0, 0.1) is 0 Å². The summed E-state index contributed by atoms with van der Waals surface area (Å²) in [6, 6.07) is 0. The molecule has 64 valence electrons. The number of carboxylic acid groups (broad SMARTS) is 1. The first-order valence-electron chi connectivity index (χ1n) is 3.66. The average Bonchev–Trinajstić information content (AvgIpc) is 1.86. The molecule has 0 spiro atoms. The highest BCUT2D eigenvalue weighted by Crippen LogP contribution is 2.07. The number of carboxylic acids is 1. The number of alkyl halides is 1. The zero-order chi connectivity index (χ0) is 8.85. The highest BCUT2D eigenvalue weighted by molar-refractivity contribution is 5.86. The van der Waals surface area contributed by atoms with Gasteiger partial charge in [-0.15, -0.1) is 0 Å². The first kappa shape index (κ1) is 10.1. The molecule has 0 aliphatic carbocycles. The Balaban J connectivity index is 4.20. The van der Waals surface area contributed by atoms with Crippen molar-refractivity contribution in [2.24, 2.45) is 0 Å². The fourth-order valence-corrected chi connectivity index (χ4v) is 0.808. The van der Waals surface area contributed by atoms with Gasteiger partial charge in [0.1, 0.15) is 6.17 Å². The van der Waals surface area contributed by atoms with E-state index in [2.05, 4.69) is 0 Å². The van der Waals surface area contributed by atoms with E-state index in [1.165, 1.54) is 6.92 Å². The van der Waals surface area contributed by atoms with Crippen LogP contribution in [0.2, 0.25) is 0 Å². The molecule has 0 heterocycles. The van der Waals surface area contributed by atoms with Crippen molar-refractivity contribution < 1.29 is 14.3 Å². The van der Waals surface area contributed by atoms with Gasteiger partial charge in [0.25, 0.3) is 0 Å². The van der Waals surface area contributed by atoms with Crippen molar-refractivity contribution in [2.45, 2.75) is 32.9 Å². The molecular formula is C8H13FO2. The van der Waals surface area contributed by atoms with E-state index in [4.69, 9.17) is 5.11 Å². The maximum absolute atomic E-state index is 12.3. The predicted molar refractivity (Wildman–Crippen MR) is 41.2 cm³/mol. The molecule has 0 bridgehead atoms. The summed E-state index contributed by atoms with van der Waals surface area (Å²) in [6.45, 7) is 3.18. The maximum atomic E-state index is 12.3. The molecule has 0 radical (unpaired) electrons. The molecule has 0 aromatic carbocycles. The minimum Gasteiger partial charge on any atom is -0.478 e. The Kier molecular flexibility index (Phi) is 4.50. The van der Waals surface area contributed by atoms with Crippen molar-refractivity contribution in [3.8, 4) is 0 Å². The summed E-state index contributed by atoms with van der Waals surface area (Å²) in [5, 5.41) is 8.52. The largest absolute Gasteiger partial charge is 0.478 e.